The van der Waals surface area contributed by atoms with Crippen LogP contribution in [0.5, 0.6) is 0 Å². The molecule has 1 aromatic heterocycles. The molecule has 2 heterocycles. The Morgan fingerprint density at radius 3 is 2.88 bits per heavy atom. The Kier molecular flexibility index (Phi) is 3.96. The number of rotatable bonds is 4. The highest BCUT2D eigenvalue weighted by Crippen LogP contribution is 2.23. The average molecular weight is 239 g/mol. The van der Waals surface area contributed by atoms with E-state index in [1.54, 1.807) is 11.3 Å². The van der Waals surface area contributed by atoms with Crippen molar-refractivity contribution in [1.82, 2.24) is 4.90 Å². The monoisotopic (exact) mass is 239 g/mol. The van der Waals surface area contributed by atoms with Gasteiger partial charge in [0.25, 0.3) is 0 Å². The van der Waals surface area contributed by atoms with Crippen LogP contribution in [0.4, 0.5) is 0 Å². The molecule has 1 aliphatic heterocycles. The molecule has 1 atom stereocenters. The average Bonchev–Trinajstić information content (AvgIpc) is 2.95. The maximum atomic E-state index is 11.7. The molecule has 0 bridgehead atoms. The zero-order valence-corrected chi connectivity index (χ0v) is 10.1. The molecule has 0 aliphatic carbocycles. The zero-order valence-electron chi connectivity index (χ0n) is 9.26. The number of amides is 1. The first-order chi connectivity index (χ1) is 7.77. The van der Waals surface area contributed by atoms with Crippen molar-refractivity contribution in [3.05, 3.63) is 22.4 Å². The molecule has 1 aliphatic rings. The van der Waals surface area contributed by atoms with Gasteiger partial charge >= 0.3 is 0 Å². The molecule has 1 fully saturated rings. The lowest BCUT2D eigenvalue weighted by Gasteiger charge is -2.16. The Hall–Kier alpha value is -0.870. The van der Waals surface area contributed by atoms with Crippen LogP contribution >= 0.6 is 11.3 Å². The zero-order chi connectivity index (χ0) is 11.4. The molecule has 1 saturated heterocycles. The molecule has 1 aromatic rings. The van der Waals surface area contributed by atoms with Crippen LogP contribution in [0, 0.1) is 0 Å². The molecular weight excluding hydrogens is 222 g/mol. The van der Waals surface area contributed by atoms with E-state index in [2.05, 4.69) is 0 Å². The quantitative estimate of drug-likeness (QED) is 0.875. The first kappa shape index (κ1) is 11.6. The second kappa shape index (κ2) is 5.46. The number of likely N-dealkylation sites (tertiary alicyclic amines) is 1. The summed E-state index contributed by atoms with van der Waals surface area (Å²) in [5.41, 5.74) is 0. The van der Waals surface area contributed by atoms with Crippen LogP contribution in [-0.2, 0) is 4.79 Å². The Morgan fingerprint density at radius 2 is 2.25 bits per heavy atom. The van der Waals surface area contributed by atoms with E-state index in [1.807, 2.05) is 22.4 Å². The van der Waals surface area contributed by atoms with Crippen LogP contribution in [-0.4, -0.2) is 29.0 Å². The maximum absolute atomic E-state index is 11.7. The van der Waals surface area contributed by atoms with Crippen LogP contribution in [0.3, 0.4) is 0 Å². The van der Waals surface area contributed by atoms with Crippen molar-refractivity contribution >= 4 is 17.2 Å². The van der Waals surface area contributed by atoms with Gasteiger partial charge in [0, 0.05) is 24.4 Å². The van der Waals surface area contributed by atoms with Crippen molar-refractivity contribution < 1.29 is 9.90 Å². The molecule has 16 heavy (non-hydrogen) atoms. The highest BCUT2D eigenvalue weighted by atomic mass is 32.1. The second-order valence-corrected chi connectivity index (χ2v) is 5.14. The van der Waals surface area contributed by atoms with Gasteiger partial charge in [0.15, 0.2) is 0 Å². The molecular formula is C12H17NO2S. The number of aliphatic hydroxyl groups is 1. The molecule has 0 saturated carbocycles. The van der Waals surface area contributed by atoms with Crippen molar-refractivity contribution in [1.29, 1.82) is 0 Å². The summed E-state index contributed by atoms with van der Waals surface area (Å²) < 4.78 is 0. The van der Waals surface area contributed by atoms with E-state index >= 15 is 0 Å². The van der Waals surface area contributed by atoms with Gasteiger partial charge in [0.2, 0.25) is 5.91 Å². The predicted molar refractivity (Wildman–Crippen MR) is 64.3 cm³/mol. The molecule has 0 radical (unpaired) electrons. The summed E-state index contributed by atoms with van der Waals surface area (Å²) in [5, 5.41) is 11.8. The van der Waals surface area contributed by atoms with Crippen molar-refractivity contribution in [2.75, 3.05) is 13.1 Å². The number of thiophene rings is 1. The normalized spacial score (nSPS) is 17.7. The van der Waals surface area contributed by atoms with E-state index in [0.29, 0.717) is 12.8 Å². The van der Waals surface area contributed by atoms with Gasteiger partial charge in [-0.1, -0.05) is 6.07 Å². The summed E-state index contributed by atoms with van der Waals surface area (Å²) in [6.45, 7) is 1.79. The smallest absolute Gasteiger partial charge is 0.222 e. The van der Waals surface area contributed by atoms with Gasteiger partial charge in [-0.3, -0.25) is 4.79 Å². The fourth-order valence-corrected chi connectivity index (χ4v) is 2.75. The van der Waals surface area contributed by atoms with Gasteiger partial charge in [-0.15, -0.1) is 11.3 Å². The number of carbonyl (C=O) groups is 1. The second-order valence-electron chi connectivity index (χ2n) is 4.16. The van der Waals surface area contributed by atoms with E-state index in [0.717, 1.165) is 30.8 Å². The summed E-state index contributed by atoms with van der Waals surface area (Å²) in [5.74, 6) is 0.188. The maximum Gasteiger partial charge on any atom is 0.222 e. The largest absolute Gasteiger partial charge is 0.388 e. The highest BCUT2D eigenvalue weighted by molar-refractivity contribution is 7.10. The minimum absolute atomic E-state index is 0.188. The van der Waals surface area contributed by atoms with Gasteiger partial charge in [-0.2, -0.15) is 0 Å². The molecule has 2 rings (SSSR count). The lowest BCUT2D eigenvalue weighted by molar-refractivity contribution is -0.130. The Labute approximate surface area is 99.7 Å². The predicted octanol–water partition coefficient (Wildman–Crippen LogP) is 2.18. The third-order valence-electron chi connectivity index (χ3n) is 2.96. The fraction of sp³-hybridized carbons (Fsp3) is 0.583. The Morgan fingerprint density at radius 1 is 1.50 bits per heavy atom. The summed E-state index contributed by atoms with van der Waals surface area (Å²) in [4.78, 5) is 14.6. The third-order valence-corrected chi connectivity index (χ3v) is 3.94. The van der Waals surface area contributed by atoms with Crippen LogP contribution < -0.4 is 0 Å². The van der Waals surface area contributed by atoms with Crippen LogP contribution in [0.2, 0.25) is 0 Å². The molecule has 0 aromatic carbocycles. The summed E-state index contributed by atoms with van der Waals surface area (Å²) in [6, 6.07) is 3.83. The number of nitrogens with zero attached hydrogens (tertiary/aromatic N) is 1. The van der Waals surface area contributed by atoms with Gasteiger partial charge in [0.05, 0.1) is 6.10 Å². The molecule has 88 valence electrons. The van der Waals surface area contributed by atoms with E-state index in [9.17, 15) is 9.90 Å². The number of carbonyl (C=O) groups excluding carboxylic acids is 1. The first-order valence-electron chi connectivity index (χ1n) is 5.76. The first-order valence-corrected chi connectivity index (χ1v) is 6.64. The molecule has 1 unspecified atom stereocenters. The minimum Gasteiger partial charge on any atom is -0.388 e. The van der Waals surface area contributed by atoms with Crippen LogP contribution in [0.1, 0.15) is 36.7 Å². The lowest BCUT2D eigenvalue weighted by Crippen LogP contribution is -2.27. The molecule has 4 heteroatoms. The summed E-state index contributed by atoms with van der Waals surface area (Å²) >= 11 is 1.54. The van der Waals surface area contributed by atoms with Crippen molar-refractivity contribution in [3.63, 3.8) is 0 Å². The topological polar surface area (TPSA) is 40.5 Å². The van der Waals surface area contributed by atoms with Crippen molar-refractivity contribution in [2.45, 2.75) is 31.8 Å². The Balaban J connectivity index is 1.76. The lowest BCUT2D eigenvalue weighted by atomic mass is 10.1. The SMILES string of the molecule is O=C(CCC(O)c1cccs1)N1CCCC1. The number of hydrogen-bond donors (Lipinski definition) is 1. The fourth-order valence-electron chi connectivity index (χ4n) is 2.01. The van der Waals surface area contributed by atoms with Crippen LogP contribution in [0.25, 0.3) is 0 Å². The van der Waals surface area contributed by atoms with Gasteiger partial charge < -0.3 is 10.0 Å². The molecule has 3 nitrogen and oxygen atoms in total. The molecule has 0 spiro atoms. The van der Waals surface area contributed by atoms with E-state index in [1.165, 1.54) is 0 Å². The number of aliphatic hydroxyl groups excluding tert-OH is 1. The number of hydrogen-bond acceptors (Lipinski definition) is 3. The molecule has 1 N–H and O–H groups in total. The van der Waals surface area contributed by atoms with Crippen molar-refractivity contribution in [2.24, 2.45) is 0 Å². The van der Waals surface area contributed by atoms with E-state index in [4.69, 9.17) is 0 Å². The van der Waals surface area contributed by atoms with Gasteiger partial charge in [-0.05, 0) is 30.7 Å². The van der Waals surface area contributed by atoms with Crippen molar-refractivity contribution in [3.8, 4) is 0 Å². The summed E-state index contributed by atoms with van der Waals surface area (Å²) in [6.07, 6.45) is 2.76. The van der Waals surface area contributed by atoms with Crippen LogP contribution in [0.15, 0.2) is 17.5 Å². The third kappa shape index (κ3) is 2.83. The van der Waals surface area contributed by atoms with E-state index in [-0.39, 0.29) is 5.91 Å². The minimum atomic E-state index is -0.480. The molecule has 1 amide bonds. The standard InChI is InChI=1S/C12H17NO2S/c14-10(11-4-3-9-16-11)5-6-12(15)13-7-1-2-8-13/h3-4,9-10,14H,1-2,5-8H2. The van der Waals surface area contributed by atoms with Gasteiger partial charge in [0.1, 0.15) is 0 Å². The highest BCUT2D eigenvalue weighted by Gasteiger charge is 2.19. The summed E-state index contributed by atoms with van der Waals surface area (Å²) in [7, 11) is 0. The van der Waals surface area contributed by atoms with E-state index < -0.39 is 6.10 Å². The van der Waals surface area contributed by atoms with Gasteiger partial charge in [-0.25, -0.2) is 0 Å². The Bertz CT molecular complexity index is 331.